The Morgan fingerprint density at radius 2 is 1.95 bits per heavy atom. The van der Waals surface area contributed by atoms with Crippen molar-refractivity contribution in [2.45, 2.75) is 39.4 Å². The summed E-state index contributed by atoms with van der Waals surface area (Å²) in [6.07, 6.45) is 1.35. The molecule has 0 bridgehead atoms. The minimum atomic E-state index is -0.416. The van der Waals surface area contributed by atoms with Gasteiger partial charge in [0.05, 0.1) is 17.6 Å². The van der Waals surface area contributed by atoms with Gasteiger partial charge < -0.3 is 29.8 Å². The van der Waals surface area contributed by atoms with E-state index >= 15 is 0 Å². The first kappa shape index (κ1) is 23.1. The van der Waals surface area contributed by atoms with Gasteiger partial charge in [0.1, 0.15) is 29.8 Å². The van der Waals surface area contributed by atoms with Crippen molar-refractivity contribution < 1.29 is 13.9 Å². The van der Waals surface area contributed by atoms with E-state index in [1.54, 1.807) is 6.34 Å². The summed E-state index contributed by atoms with van der Waals surface area (Å²) in [7, 11) is 0. The molecule has 2 aliphatic rings. The number of hydrogen-bond donors (Lipinski definition) is 2. The minimum absolute atomic E-state index is 0.233. The van der Waals surface area contributed by atoms with E-state index in [2.05, 4.69) is 20.3 Å². The van der Waals surface area contributed by atoms with Crippen molar-refractivity contribution in [3.63, 3.8) is 0 Å². The van der Waals surface area contributed by atoms with Crippen molar-refractivity contribution in [3.8, 4) is 11.5 Å². The Kier molecular flexibility index (Phi) is 5.38. The zero-order chi connectivity index (χ0) is 25.7. The van der Waals surface area contributed by atoms with Crippen LogP contribution in [0.5, 0.6) is 11.5 Å². The topological polar surface area (TPSA) is 110 Å². The summed E-state index contributed by atoms with van der Waals surface area (Å²) in [5.74, 6) is 2.05. The molecule has 0 radical (unpaired) electrons. The number of nitrogens with two attached hydrogens (primary N) is 1. The number of oxazole rings is 1. The minimum Gasteiger partial charge on any atom is -0.462 e. The standard InChI is InChI=1S/C28H28N6O3/c1-16-11-19(6-10-24(16)37-20-7-9-23-25(13-20)36-17(2)31-23)34-15-30-22-8-5-18(12-21(22)26(34)29)32-27-33-28(3,4)14-35-27/h5-13,15,26H,14,29H2,1-4H3,(H,32,33). The maximum atomic E-state index is 6.71. The molecule has 6 rings (SSSR count). The van der Waals surface area contributed by atoms with Crippen LogP contribution in [-0.4, -0.2) is 29.5 Å². The molecule has 9 nitrogen and oxygen atoms in total. The van der Waals surface area contributed by atoms with Gasteiger partial charge in [-0.3, -0.25) is 0 Å². The zero-order valence-electron chi connectivity index (χ0n) is 21.1. The molecule has 0 amide bonds. The highest BCUT2D eigenvalue weighted by molar-refractivity contribution is 5.92. The number of ether oxygens (including phenoxy) is 2. The number of anilines is 2. The van der Waals surface area contributed by atoms with E-state index in [0.29, 0.717) is 29.9 Å². The van der Waals surface area contributed by atoms with Gasteiger partial charge in [0.25, 0.3) is 6.02 Å². The maximum absolute atomic E-state index is 6.71. The number of rotatable bonds is 4. The van der Waals surface area contributed by atoms with Gasteiger partial charge in [0.2, 0.25) is 0 Å². The summed E-state index contributed by atoms with van der Waals surface area (Å²) in [5.41, 5.74) is 12.4. The van der Waals surface area contributed by atoms with Crippen LogP contribution in [0.3, 0.4) is 0 Å². The number of fused-ring (bicyclic) bond motifs is 2. The van der Waals surface area contributed by atoms with Crippen LogP contribution in [0, 0.1) is 13.8 Å². The lowest BCUT2D eigenvalue weighted by molar-refractivity contribution is 0.278. The predicted molar refractivity (Wildman–Crippen MR) is 145 cm³/mol. The van der Waals surface area contributed by atoms with Crippen LogP contribution in [-0.2, 0) is 4.74 Å². The Bertz CT molecular complexity index is 1570. The lowest BCUT2D eigenvalue weighted by Crippen LogP contribution is -2.35. The van der Waals surface area contributed by atoms with E-state index in [1.165, 1.54) is 0 Å². The molecule has 1 unspecified atom stereocenters. The molecule has 0 fully saturated rings. The molecular formula is C28H28N6O3. The van der Waals surface area contributed by atoms with Crippen LogP contribution in [0.25, 0.3) is 11.1 Å². The number of benzene rings is 3. The van der Waals surface area contributed by atoms with E-state index < -0.39 is 6.17 Å². The maximum Gasteiger partial charge on any atom is 0.289 e. The highest BCUT2D eigenvalue weighted by Gasteiger charge is 2.27. The third-order valence-electron chi connectivity index (χ3n) is 6.34. The first-order valence-corrected chi connectivity index (χ1v) is 12.1. The van der Waals surface area contributed by atoms with Crippen LogP contribution in [0.4, 0.5) is 17.1 Å². The fraction of sp³-hybridized carbons (Fsp3) is 0.250. The van der Waals surface area contributed by atoms with Crippen molar-refractivity contribution in [2.75, 3.05) is 16.8 Å². The number of nitrogens with zero attached hydrogens (tertiary/aromatic N) is 4. The van der Waals surface area contributed by atoms with Crippen LogP contribution < -0.4 is 20.7 Å². The first-order valence-electron chi connectivity index (χ1n) is 12.1. The molecule has 188 valence electrons. The molecule has 0 spiro atoms. The van der Waals surface area contributed by atoms with Crippen LogP contribution in [0.15, 0.2) is 69.0 Å². The second-order valence-corrected chi connectivity index (χ2v) is 9.93. The van der Waals surface area contributed by atoms with Gasteiger partial charge >= 0.3 is 0 Å². The van der Waals surface area contributed by atoms with E-state index in [9.17, 15) is 0 Å². The Morgan fingerprint density at radius 3 is 2.73 bits per heavy atom. The predicted octanol–water partition coefficient (Wildman–Crippen LogP) is 5.95. The van der Waals surface area contributed by atoms with Gasteiger partial charge in [-0.05, 0) is 74.9 Å². The van der Waals surface area contributed by atoms with E-state index in [-0.39, 0.29) is 5.54 Å². The van der Waals surface area contributed by atoms with Crippen molar-refractivity contribution in [1.29, 1.82) is 0 Å². The average molecular weight is 497 g/mol. The molecule has 0 saturated carbocycles. The molecular weight excluding hydrogens is 468 g/mol. The van der Waals surface area contributed by atoms with Gasteiger partial charge in [-0.1, -0.05) is 0 Å². The summed E-state index contributed by atoms with van der Waals surface area (Å²) in [6.45, 7) is 8.44. The summed E-state index contributed by atoms with van der Waals surface area (Å²) >= 11 is 0. The number of aryl methyl sites for hydroxylation is 2. The average Bonchev–Trinajstić information content (AvgIpc) is 3.40. The van der Waals surface area contributed by atoms with Crippen molar-refractivity contribution in [2.24, 2.45) is 15.7 Å². The fourth-order valence-electron chi connectivity index (χ4n) is 4.45. The smallest absolute Gasteiger partial charge is 0.289 e. The van der Waals surface area contributed by atoms with Gasteiger partial charge in [0.15, 0.2) is 11.5 Å². The largest absolute Gasteiger partial charge is 0.462 e. The van der Waals surface area contributed by atoms with Crippen LogP contribution in [0.1, 0.15) is 37.0 Å². The number of hydrogen-bond acceptors (Lipinski definition) is 9. The Morgan fingerprint density at radius 1 is 1.08 bits per heavy atom. The molecule has 3 heterocycles. The Hall–Kier alpha value is -4.37. The van der Waals surface area contributed by atoms with Crippen LogP contribution in [0.2, 0.25) is 0 Å². The molecule has 1 aromatic heterocycles. The normalized spacial score (nSPS) is 17.9. The zero-order valence-corrected chi connectivity index (χ0v) is 21.1. The van der Waals surface area contributed by atoms with Crippen molar-refractivity contribution in [3.05, 3.63) is 71.6 Å². The Labute approximate surface area is 214 Å². The van der Waals surface area contributed by atoms with E-state index in [4.69, 9.17) is 19.6 Å². The molecule has 1 atom stereocenters. The first-order chi connectivity index (χ1) is 17.7. The van der Waals surface area contributed by atoms with Crippen molar-refractivity contribution >= 4 is 40.5 Å². The van der Waals surface area contributed by atoms with Crippen LogP contribution >= 0.6 is 0 Å². The molecule has 3 N–H and O–H groups in total. The van der Waals surface area contributed by atoms with Gasteiger partial charge in [-0.2, -0.15) is 0 Å². The monoisotopic (exact) mass is 496 g/mol. The molecule has 9 heteroatoms. The van der Waals surface area contributed by atoms with Gasteiger partial charge in [-0.15, -0.1) is 0 Å². The number of amidine groups is 1. The summed E-state index contributed by atoms with van der Waals surface area (Å²) in [5, 5.41) is 3.25. The molecule has 3 aromatic carbocycles. The van der Waals surface area contributed by atoms with Gasteiger partial charge in [-0.25, -0.2) is 15.0 Å². The highest BCUT2D eigenvalue weighted by Crippen LogP contribution is 2.37. The second-order valence-electron chi connectivity index (χ2n) is 9.93. The molecule has 2 aliphatic heterocycles. The quantitative estimate of drug-likeness (QED) is 0.359. The second kappa shape index (κ2) is 8.63. The van der Waals surface area contributed by atoms with E-state index in [1.807, 2.05) is 87.2 Å². The highest BCUT2D eigenvalue weighted by atomic mass is 16.5. The molecule has 37 heavy (non-hydrogen) atoms. The number of aliphatic imine (C=N–C) groups is 2. The molecule has 0 aliphatic carbocycles. The summed E-state index contributed by atoms with van der Waals surface area (Å²) in [4.78, 5) is 15.5. The van der Waals surface area contributed by atoms with Gasteiger partial charge in [0, 0.05) is 29.9 Å². The SMILES string of the molecule is Cc1nc2ccc(Oc3ccc(N4C=Nc5ccc(NC6=NC(C)(C)CO6)cc5C4N)cc3C)cc2o1. The summed E-state index contributed by atoms with van der Waals surface area (Å²) in [6, 6.07) is 18.0. The number of nitrogens with one attached hydrogen (secondary N) is 1. The van der Waals surface area contributed by atoms with Crippen molar-refractivity contribution in [1.82, 2.24) is 4.98 Å². The lowest BCUT2D eigenvalue weighted by atomic mass is 10.1. The summed E-state index contributed by atoms with van der Waals surface area (Å²) < 4.78 is 17.4. The number of aromatic nitrogens is 1. The molecule has 0 saturated heterocycles. The van der Waals surface area contributed by atoms with E-state index in [0.717, 1.165) is 39.5 Å². The third-order valence-corrected chi connectivity index (χ3v) is 6.34. The third kappa shape index (κ3) is 4.49. The fourth-order valence-corrected chi connectivity index (χ4v) is 4.45. The Balaban J connectivity index is 1.21. The lowest BCUT2D eigenvalue weighted by Gasteiger charge is -2.31. The molecule has 4 aromatic rings.